The molecule has 0 atom stereocenters. The van der Waals surface area contributed by atoms with Gasteiger partial charge >= 0.3 is 0 Å². The number of para-hydroxylation sites is 1. The molecule has 0 aliphatic rings. The maximum absolute atomic E-state index is 13.3. The molecule has 0 saturated carbocycles. The largest absolute Gasteiger partial charge is 0.383 e. The van der Waals surface area contributed by atoms with Gasteiger partial charge in [0, 0.05) is 22.7 Å². The topological polar surface area (TPSA) is 130 Å². The Morgan fingerprint density at radius 2 is 1.78 bits per heavy atom. The predicted molar refractivity (Wildman–Crippen MR) is 125 cm³/mol. The number of anilines is 4. The Bertz CT molecular complexity index is 1470. The van der Waals surface area contributed by atoms with E-state index < -0.39 is 11.5 Å². The lowest BCUT2D eigenvalue weighted by molar-refractivity contribution is 0.102. The van der Waals surface area contributed by atoms with Crippen LogP contribution >= 0.6 is 11.3 Å². The lowest BCUT2D eigenvalue weighted by Gasteiger charge is -2.06. The van der Waals surface area contributed by atoms with E-state index in [0.717, 1.165) is 16.9 Å². The molecule has 1 amide bonds. The van der Waals surface area contributed by atoms with Crippen molar-refractivity contribution in [3.05, 3.63) is 88.0 Å². The Kier molecular flexibility index (Phi) is 4.88. The van der Waals surface area contributed by atoms with E-state index in [1.54, 1.807) is 0 Å². The fourth-order valence-corrected chi connectivity index (χ4v) is 3.98. The van der Waals surface area contributed by atoms with Crippen LogP contribution in [0.4, 0.5) is 22.5 Å². The van der Waals surface area contributed by atoms with Gasteiger partial charge in [-0.15, -0.1) is 16.4 Å². The number of nitrogen functional groups attached to an aromatic ring is 1. The fraction of sp³-hybridized carbons (Fsp3) is 0. The first kappa shape index (κ1) is 19.5. The van der Waals surface area contributed by atoms with Gasteiger partial charge < -0.3 is 16.0 Å². The van der Waals surface area contributed by atoms with Crippen molar-refractivity contribution in [3.8, 4) is 11.3 Å². The number of H-pyrrole nitrogens is 1. The van der Waals surface area contributed by atoms with Crippen LogP contribution in [-0.4, -0.2) is 25.5 Å². The van der Waals surface area contributed by atoms with Crippen molar-refractivity contribution in [2.24, 2.45) is 0 Å². The third kappa shape index (κ3) is 3.70. The molecule has 32 heavy (non-hydrogen) atoms. The summed E-state index contributed by atoms with van der Waals surface area (Å²) in [5.74, 6) is -0.116. The molecule has 0 bridgehead atoms. The number of aromatic nitrogens is 4. The van der Waals surface area contributed by atoms with Gasteiger partial charge in [0.05, 0.1) is 5.69 Å². The van der Waals surface area contributed by atoms with E-state index in [0.29, 0.717) is 5.13 Å². The minimum Gasteiger partial charge on any atom is -0.383 e. The summed E-state index contributed by atoms with van der Waals surface area (Å²) < 4.78 is 1.32. The van der Waals surface area contributed by atoms with E-state index in [-0.39, 0.29) is 22.8 Å². The Morgan fingerprint density at radius 3 is 2.53 bits per heavy atom. The molecule has 0 spiro atoms. The molecule has 3 heterocycles. The molecule has 3 aromatic heterocycles. The third-order valence-electron chi connectivity index (χ3n) is 4.71. The molecule has 0 fully saturated rings. The highest BCUT2D eigenvalue weighted by molar-refractivity contribution is 7.14. The van der Waals surface area contributed by atoms with Crippen molar-refractivity contribution in [3.63, 3.8) is 0 Å². The number of benzene rings is 2. The van der Waals surface area contributed by atoms with Crippen LogP contribution in [0.15, 0.2) is 76.9 Å². The summed E-state index contributed by atoms with van der Waals surface area (Å²) in [6.45, 7) is 0. The number of amides is 1. The van der Waals surface area contributed by atoms with Crippen LogP contribution in [0.2, 0.25) is 0 Å². The van der Waals surface area contributed by atoms with Gasteiger partial charge in [-0.25, -0.2) is 4.98 Å². The summed E-state index contributed by atoms with van der Waals surface area (Å²) in [4.78, 5) is 32.4. The lowest BCUT2D eigenvalue weighted by atomic mass is 10.2. The van der Waals surface area contributed by atoms with Gasteiger partial charge in [-0.05, 0) is 12.1 Å². The average Bonchev–Trinajstić information content (AvgIpc) is 3.40. The van der Waals surface area contributed by atoms with Crippen molar-refractivity contribution < 1.29 is 4.79 Å². The van der Waals surface area contributed by atoms with Gasteiger partial charge in [0.15, 0.2) is 16.6 Å². The number of carbonyl (C=O) groups is 1. The first-order valence-electron chi connectivity index (χ1n) is 9.64. The zero-order valence-electron chi connectivity index (χ0n) is 16.6. The normalized spacial score (nSPS) is 10.9. The van der Waals surface area contributed by atoms with E-state index in [9.17, 15) is 9.59 Å². The number of thiazole rings is 1. The summed E-state index contributed by atoms with van der Waals surface area (Å²) in [6.07, 6.45) is 0. The number of nitrogens with zero attached hydrogens (tertiary/aromatic N) is 3. The highest BCUT2D eigenvalue weighted by atomic mass is 32.1. The minimum atomic E-state index is -0.478. The van der Waals surface area contributed by atoms with Crippen LogP contribution in [0.25, 0.3) is 16.9 Å². The second kappa shape index (κ2) is 8.00. The number of hydrogen-bond donors (Lipinski definition) is 4. The molecule has 158 valence electrons. The maximum Gasteiger partial charge on any atom is 0.265 e. The van der Waals surface area contributed by atoms with Gasteiger partial charge in [-0.2, -0.15) is 4.52 Å². The number of aromatic amines is 1. The average molecular weight is 443 g/mol. The highest BCUT2D eigenvalue weighted by Crippen LogP contribution is 2.28. The minimum absolute atomic E-state index is 0.111. The molecule has 0 aliphatic heterocycles. The number of fused-ring (bicyclic) bond motifs is 1. The molecular formula is C22H17N7O2S. The molecule has 10 heteroatoms. The number of nitrogens with one attached hydrogen (secondary N) is 3. The molecule has 9 nitrogen and oxygen atoms in total. The fourth-order valence-electron chi connectivity index (χ4n) is 3.26. The van der Waals surface area contributed by atoms with E-state index in [1.165, 1.54) is 21.9 Å². The van der Waals surface area contributed by atoms with E-state index in [2.05, 4.69) is 25.7 Å². The van der Waals surface area contributed by atoms with Crippen molar-refractivity contribution in [2.45, 2.75) is 0 Å². The van der Waals surface area contributed by atoms with Gasteiger partial charge in [0.25, 0.3) is 11.5 Å². The summed E-state index contributed by atoms with van der Waals surface area (Å²) in [5.41, 5.74) is 8.29. The smallest absolute Gasteiger partial charge is 0.265 e. The number of nitrogens with two attached hydrogens (primary N) is 1. The second-order valence-corrected chi connectivity index (χ2v) is 7.75. The Balaban J connectivity index is 1.53. The van der Waals surface area contributed by atoms with Crippen molar-refractivity contribution in [1.29, 1.82) is 0 Å². The number of rotatable bonds is 5. The molecular weight excluding hydrogens is 426 g/mol. The lowest BCUT2D eigenvalue weighted by Crippen LogP contribution is -2.16. The van der Waals surface area contributed by atoms with Gasteiger partial charge in [-0.1, -0.05) is 48.5 Å². The zero-order chi connectivity index (χ0) is 22.1. The number of carbonyl (C=O) groups excluding carboxylic acids is 1. The molecule has 0 saturated heterocycles. The Morgan fingerprint density at radius 1 is 1.06 bits per heavy atom. The van der Waals surface area contributed by atoms with Crippen LogP contribution in [0.5, 0.6) is 0 Å². The van der Waals surface area contributed by atoms with Crippen LogP contribution in [0.1, 0.15) is 10.4 Å². The van der Waals surface area contributed by atoms with Gasteiger partial charge in [0.2, 0.25) is 0 Å². The maximum atomic E-state index is 13.3. The standard InChI is InChI=1S/C22H17N7O2S/c23-16-11-17(30)26-20-18(19(28-29(16)20)24-14-9-5-2-6-10-14)21(31)27-22-25-15(12-32-22)13-7-3-1-4-8-13/h1-12H,23H2,(H,24,28)(H,26,30)(H,25,27,31). The Labute approximate surface area is 185 Å². The predicted octanol–water partition coefficient (Wildman–Crippen LogP) is 3.72. The summed E-state index contributed by atoms with van der Waals surface area (Å²) in [6, 6.07) is 20.1. The monoisotopic (exact) mass is 443 g/mol. The molecule has 5 aromatic rings. The highest BCUT2D eigenvalue weighted by Gasteiger charge is 2.23. The van der Waals surface area contributed by atoms with E-state index >= 15 is 0 Å². The molecule has 0 aliphatic carbocycles. The van der Waals surface area contributed by atoms with Crippen molar-refractivity contribution >= 4 is 45.3 Å². The van der Waals surface area contributed by atoms with Gasteiger partial charge in [-0.3, -0.25) is 14.9 Å². The second-order valence-electron chi connectivity index (χ2n) is 6.89. The summed E-state index contributed by atoms with van der Waals surface area (Å²) in [5, 5.41) is 12.6. The first-order valence-corrected chi connectivity index (χ1v) is 10.5. The van der Waals surface area contributed by atoms with Crippen LogP contribution in [-0.2, 0) is 0 Å². The Hall–Kier alpha value is -4.44. The zero-order valence-corrected chi connectivity index (χ0v) is 17.4. The summed E-state index contributed by atoms with van der Waals surface area (Å²) >= 11 is 1.30. The molecule has 5 rings (SSSR count). The van der Waals surface area contributed by atoms with Crippen molar-refractivity contribution in [1.82, 2.24) is 19.6 Å². The number of hydrogen-bond acceptors (Lipinski definition) is 7. The van der Waals surface area contributed by atoms with Crippen LogP contribution in [0.3, 0.4) is 0 Å². The van der Waals surface area contributed by atoms with Crippen LogP contribution in [0, 0.1) is 0 Å². The summed E-state index contributed by atoms with van der Waals surface area (Å²) in [7, 11) is 0. The molecule has 0 radical (unpaired) electrons. The van der Waals surface area contributed by atoms with Gasteiger partial charge in [0.1, 0.15) is 11.4 Å². The molecule has 0 unspecified atom stereocenters. The molecule has 5 N–H and O–H groups in total. The third-order valence-corrected chi connectivity index (χ3v) is 5.47. The van der Waals surface area contributed by atoms with Crippen molar-refractivity contribution in [2.75, 3.05) is 16.4 Å². The van der Waals surface area contributed by atoms with E-state index in [4.69, 9.17) is 5.73 Å². The molecule has 2 aromatic carbocycles. The first-order chi connectivity index (χ1) is 15.6. The quantitative estimate of drug-likeness (QED) is 0.327. The van der Waals surface area contributed by atoms with E-state index in [1.807, 2.05) is 66.0 Å². The van der Waals surface area contributed by atoms with Crippen LogP contribution < -0.4 is 21.9 Å². The SMILES string of the molecule is Nc1cc(=O)[nH]c2c(C(=O)Nc3nc(-c4ccccc4)cs3)c(Nc3ccccc3)nn12.